The molecule has 0 aromatic heterocycles. The molecule has 0 atom stereocenters. The van der Waals surface area contributed by atoms with Crippen LogP contribution in [0.1, 0.15) is 45.4 Å². The van der Waals surface area contributed by atoms with E-state index < -0.39 is 0 Å². The van der Waals surface area contributed by atoms with Crippen molar-refractivity contribution in [3.8, 4) is 0 Å². The van der Waals surface area contributed by atoms with Crippen molar-refractivity contribution in [3.63, 3.8) is 0 Å². The van der Waals surface area contributed by atoms with Crippen molar-refractivity contribution >= 4 is 23.1 Å². The first kappa shape index (κ1) is 16.6. The second-order valence-corrected chi connectivity index (χ2v) is 4.25. The van der Waals surface area contributed by atoms with Crippen molar-refractivity contribution < 1.29 is 23.9 Å². The van der Waals surface area contributed by atoms with Crippen LogP contribution in [-0.4, -0.2) is 36.8 Å². The van der Waals surface area contributed by atoms with Crippen LogP contribution in [0.5, 0.6) is 0 Å². The molecule has 0 bridgehead atoms. The summed E-state index contributed by atoms with van der Waals surface area (Å²) in [7, 11) is 1.42. The van der Waals surface area contributed by atoms with E-state index in [1.54, 1.807) is 0 Å². The van der Waals surface area contributed by atoms with E-state index >= 15 is 0 Å². The topological polar surface area (TPSA) is 77.5 Å². The van der Waals surface area contributed by atoms with Gasteiger partial charge in [-0.3, -0.25) is 14.4 Å². The SMILES string of the molecule is COCC(=O)CCC(=O)CCC(=O)CCC(C)=O. The number of Topliss-reactive ketones (excluding diaryl/α,β-unsaturated/α-hetero) is 4. The molecule has 102 valence electrons. The van der Waals surface area contributed by atoms with Crippen molar-refractivity contribution in [3.05, 3.63) is 0 Å². The van der Waals surface area contributed by atoms with Gasteiger partial charge in [0.1, 0.15) is 24.0 Å². The molecular formula is C13H20O5. The van der Waals surface area contributed by atoms with E-state index in [0.29, 0.717) is 0 Å². The molecule has 5 nitrogen and oxygen atoms in total. The molecule has 0 saturated carbocycles. The molecule has 0 heterocycles. The Morgan fingerprint density at radius 2 is 1.11 bits per heavy atom. The summed E-state index contributed by atoms with van der Waals surface area (Å²) in [5, 5.41) is 0. The quantitative estimate of drug-likeness (QED) is 0.556. The fourth-order valence-corrected chi connectivity index (χ4v) is 1.36. The van der Waals surface area contributed by atoms with Gasteiger partial charge in [0.05, 0.1) is 0 Å². The second kappa shape index (κ2) is 9.65. The number of methoxy groups -OCH3 is 1. The zero-order valence-electron chi connectivity index (χ0n) is 11.0. The monoisotopic (exact) mass is 256 g/mol. The molecule has 18 heavy (non-hydrogen) atoms. The summed E-state index contributed by atoms with van der Waals surface area (Å²) < 4.78 is 4.64. The van der Waals surface area contributed by atoms with Crippen LogP contribution in [0.2, 0.25) is 0 Å². The number of hydrogen-bond donors (Lipinski definition) is 0. The smallest absolute Gasteiger partial charge is 0.158 e. The van der Waals surface area contributed by atoms with Gasteiger partial charge in [-0.2, -0.15) is 0 Å². The molecule has 0 N–H and O–H groups in total. The summed E-state index contributed by atoms with van der Waals surface area (Å²) >= 11 is 0. The molecule has 0 unspecified atom stereocenters. The van der Waals surface area contributed by atoms with Gasteiger partial charge >= 0.3 is 0 Å². The third-order valence-electron chi connectivity index (χ3n) is 2.43. The second-order valence-electron chi connectivity index (χ2n) is 4.25. The first-order valence-electron chi connectivity index (χ1n) is 5.99. The van der Waals surface area contributed by atoms with Gasteiger partial charge in [0.25, 0.3) is 0 Å². The highest BCUT2D eigenvalue weighted by atomic mass is 16.5. The number of rotatable bonds is 11. The molecule has 0 aliphatic heterocycles. The number of hydrogen-bond acceptors (Lipinski definition) is 5. The third-order valence-corrected chi connectivity index (χ3v) is 2.43. The lowest BCUT2D eigenvalue weighted by Gasteiger charge is -2.01. The molecule has 0 rings (SSSR count). The van der Waals surface area contributed by atoms with Gasteiger partial charge in [0.15, 0.2) is 5.78 Å². The fourth-order valence-electron chi connectivity index (χ4n) is 1.36. The maximum Gasteiger partial charge on any atom is 0.158 e. The first-order chi connectivity index (χ1) is 8.45. The average molecular weight is 256 g/mol. The summed E-state index contributed by atoms with van der Waals surface area (Å²) in [5.41, 5.74) is 0. The molecule has 0 aromatic carbocycles. The molecule has 0 radical (unpaired) electrons. The molecule has 0 fully saturated rings. The Bertz CT molecular complexity index is 319. The zero-order chi connectivity index (χ0) is 14.0. The first-order valence-corrected chi connectivity index (χ1v) is 5.99. The number of carbonyl (C=O) groups excluding carboxylic acids is 4. The predicted octanol–water partition coefficient (Wildman–Crippen LogP) is 1.27. The zero-order valence-corrected chi connectivity index (χ0v) is 11.0. The standard InChI is InChI=1S/C13H20O5/c1-10(14)3-4-11(15)5-6-12(16)7-8-13(17)9-18-2/h3-9H2,1-2H3. The van der Waals surface area contributed by atoms with Crippen molar-refractivity contribution in [2.24, 2.45) is 0 Å². The van der Waals surface area contributed by atoms with E-state index in [4.69, 9.17) is 0 Å². The minimum absolute atomic E-state index is 0.0187. The summed E-state index contributed by atoms with van der Waals surface area (Å²) in [6.45, 7) is 1.45. The maximum absolute atomic E-state index is 11.4. The minimum Gasteiger partial charge on any atom is -0.377 e. The van der Waals surface area contributed by atoms with Crippen LogP contribution in [0.3, 0.4) is 0 Å². The van der Waals surface area contributed by atoms with E-state index in [2.05, 4.69) is 4.74 Å². The van der Waals surface area contributed by atoms with Gasteiger partial charge < -0.3 is 9.53 Å². The van der Waals surface area contributed by atoms with Crippen molar-refractivity contribution in [1.82, 2.24) is 0 Å². The van der Waals surface area contributed by atoms with Crippen molar-refractivity contribution in [2.45, 2.75) is 45.4 Å². The van der Waals surface area contributed by atoms with Crippen LogP contribution in [0.25, 0.3) is 0 Å². The summed E-state index contributed by atoms with van der Waals surface area (Å²) in [6, 6.07) is 0. The Labute approximate surface area is 107 Å². The summed E-state index contributed by atoms with van der Waals surface area (Å²) in [5.74, 6) is -0.328. The Kier molecular flexibility index (Phi) is 8.92. The third kappa shape index (κ3) is 9.84. The van der Waals surface area contributed by atoms with E-state index in [9.17, 15) is 19.2 Å². The molecule has 0 aliphatic carbocycles. The van der Waals surface area contributed by atoms with Gasteiger partial charge in [-0.25, -0.2) is 0 Å². The molecule has 0 spiro atoms. The summed E-state index contributed by atoms with van der Waals surface area (Å²) in [6.07, 6.45) is 1.06. The molecule has 0 saturated heterocycles. The highest BCUT2D eigenvalue weighted by molar-refractivity contribution is 5.90. The number of ether oxygens (including phenoxy) is 1. The lowest BCUT2D eigenvalue weighted by Crippen LogP contribution is -2.10. The highest BCUT2D eigenvalue weighted by Gasteiger charge is 2.10. The van der Waals surface area contributed by atoms with Crippen molar-refractivity contribution in [1.29, 1.82) is 0 Å². The van der Waals surface area contributed by atoms with Gasteiger partial charge in [-0.05, 0) is 6.92 Å². The fraction of sp³-hybridized carbons (Fsp3) is 0.692. The highest BCUT2D eigenvalue weighted by Crippen LogP contribution is 2.04. The van der Waals surface area contributed by atoms with E-state index in [1.807, 2.05) is 0 Å². The normalized spacial score (nSPS) is 10.1. The molecular weight excluding hydrogens is 236 g/mol. The lowest BCUT2D eigenvalue weighted by molar-refractivity contribution is -0.127. The molecule has 0 aromatic rings. The van der Waals surface area contributed by atoms with Gasteiger partial charge in [0.2, 0.25) is 0 Å². The van der Waals surface area contributed by atoms with Gasteiger partial charge in [0, 0.05) is 45.6 Å². The van der Waals surface area contributed by atoms with Crippen LogP contribution < -0.4 is 0 Å². The Balaban J connectivity index is 3.67. The Morgan fingerprint density at radius 1 is 0.722 bits per heavy atom. The Hall–Kier alpha value is -1.36. The van der Waals surface area contributed by atoms with Gasteiger partial charge in [-0.1, -0.05) is 0 Å². The van der Waals surface area contributed by atoms with E-state index in [-0.39, 0.29) is 68.3 Å². The number of carbonyl (C=O) groups is 4. The van der Waals surface area contributed by atoms with E-state index in [0.717, 1.165) is 0 Å². The van der Waals surface area contributed by atoms with Crippen LogP contribution in [0.15, 0.2) is 0 Å². The Morgan fingerprint density at radius 3 is 1.50 bits per heavy atom. The van der Waals surface area contributed by atoms with Crippen LogP contribution >= 0.6 is 0 Å². The average Bonchev–Trinajstić information content (AvgIpc) is 2.31. The summed E-state index contributed by atoms with van der Waals surface area (Å²) in [4.78, 5) is 44.4. The lowest BCUT2D eigenvalue weighted by atomic mass is 10.0. The predicted molar refractivity (Wildman–Crippen MR) is 65.3 cm³/mol. The van der Waals surface area contributed by atoms with Crippen molar-refractivity contribution in [2.75, 3.05) is 13.7 Å². The molecule has 0 amide bonds. The van der Waals surface area contributed by atoms with Crippen LogP contribution in [0, 0.1) is 0 Å². The largest absolute Gasteiger partial charge is 0.377 e. The maximum atomic E-state index is 11.4. The number of ketones is 4. The van der Waals surface area contributed by atoms with E-state index in [1.165, 1.54) is 14.0 Å². The minimum atomic E-state index is -0.117. The van der Waals surface area contributed by atoms with Crippen LogP contribution in [-0.2, 0) is 23.9 Å². The molecule has 0 aliphatic rings. The van der Waals surface area contributed by atoms with Gasteiger partial charge in [-0.15, -0.1) is 0 Å². The van der Waals surface area contributed by atoms with Crippen LogP contribution in [0.4, 0.5) is 0 Å². The molecule has 5 heteroatoms.